The van der Waals surface area contributed by atoms with E-state index in [1.807, 2.05) is 4.90 Å². The van der Waals surface area contributed by atoms with Crippen LogP contribution in [0.1, 0.15) is 11.3 Å². The highest BCUT2D eigenvalue weighted by molar-refractivity contribution is 5.93. The number of urea groups is 1. The van der Waals surface area contributed by atoms with E-state index in [2.05, 4.69) is 10.6 Å². The van der Waals surface area contributed by atoms with Gasteiger partial charge < -0.3 is 24.7 Å². The summed E-state index contributed by atoms with van der Waals surface area (Å²) in [6.45, 7) is 2.16. The number of carbonyl (C=O) groups is 1. The molecule has 1 aromatic carbocycles. The Balaban J connectivity index is 1.78. The van der Waals surface area contributed by atoms with E-state index in [1.54, 1.807) is 12.1 Å². The van der Waals surface area contributed by atoms with E-state index in [9.17, 15) is 18.0 Å². The fourth-order valence-corrected chi connectivity index (χ4v) is 2.64. The van der Waals surface area contributed by atoms with E-state index < -0.39 is 17.8 Å². The zero-order valence-electron chi connectivity index (χ0n) is 13.8. The predicted molar refractivity (Wildman–Crippen MR) is 89.0 cm³/mol. The minimum atomic E-state index is -4.50. The number of rotatable bonds is 4. The number of halogens is 3. The summed E-state index contributed by atoms with van der Waals surface area (Å²) in [7, 11) is 0. The lowest BCUT2D eigenvalue weighted by Gasteiger charge is -2.31. The summed E-state index contributed by atoms with van der Waals surface area (Å²) in [5.74, 6) is 0.539. The van der Waals surface area contributed by atoms with E-state index in [-0.39, 0.29) is 12.2 Å². The molecular weight excluding hydrogens is 351 g/mol. The Bertz CT molecular complexity index is 741. The van der Waals surface area contributed by atoms with Gasteiger partial charge >= 0.3 is 12.2 Å². The maximum absolute atomic E-state index is 13.0. The summed E-state index contributed by atoms with van der Waals surface area (Å²) in [4.78, 5) is 14.0. The number of morpholine rings is 1. The van der Waals surface area contributed by atoms with Gasteiger partial charge in [-0.2, -0.15) is 13.2 Å². The van der Waals surface area contributed by atoms with Crippen molar-refractivity contribution in [2.24, 2.45) is 0 Å². The number of nitrogens with zero attached hydrogens (tertiary/aromatic N) is 1. The summed E-state index contributed by atoms with van der Waals surface area (Å²) in [6, 6.07) is 6.07. The highest BCUT2D eigenvalue weighted by Gasteiger charge is 2.31. The molecule has 3 rings (SSSR count). The molecule has 1 saturated heterocycles. The molecule has 1 aromatic heterocycles. The van der Waals surface area contributed by atoms with Crippen molar-refractivity contribution < 1.29 is 27.1 Å². The highest BCUT2D eigenvalue weighted by atomic mass is 19.4. The SMILES string of the molecule is O=C(NCc1ccco1)Nc1cc(C(F)(F)F)ccc1N1CCOCC1. The summed E-state index contributed by atoms with van der Waals surface area (Å²) in [5.41, 5.74) is -0.205. The Morgan fingerprint density at radius 1 is 1.19 bits per heavy atom. The van der Waals surface area contributed by atoms with Crippen LogP contribution in [-0.2, 0) is 17.5 Å². The molecule has 2 N–H and O–H groups in total. The first-order valence-electron chi connectivity index (χ1n) is 8.04. The van der Waals surface area contributed by atoms with Gasteiger partial charge in [0.15, 0.2) is 0 Å². The van der Waals surface area contributed by atoms with Gasteiger partial charge in [-0.25, -0.2) is 4.79 Å². The minimum absolute atomic E-state index is 0.0960. The van der Waals surface area contributed by atoms with Crippen molar-refractivity contribution in [2.75, 3.05) is 36.5 Å². The molecular formula is C17H18F3N3O3. The van der Waals surface area contributed by atoms with Crippen LogP contribution in [-0.4, -0.2) is 32.3 Å². The third kappa shape index (κ3) is 4.48. The zero-order valence-corrected chi connectivity index (χ0v) is 13.8. The molecule has 0 saturated carbocycles. The van der Waals surface area contributed by atoms with Gasteiger partial charge in [-0.05, 0) is 30.3 Å². The molecule has 2 aromatic rings. The Morgan fingerprint density at radius 3 is 2.62 bits per heavy atom. The molecule has 0 atom stereocenters. The van der Waals surface area contributed by atoms with Gasteiger partial charge in [0.25, 0.3) is 0 Å². The second-order valence-electron chi connectivity index (χ2n) is 5.72. The number of hydrogen-bond donors (Lipinski definition) is 2. The summed E-state index contributed by atoms with van der Waals surface area (Å²) >= 11 is 0. The molecule has 0 radical (unpaired) electrons. The molecule has 6 nitrogen and oxygen atoms in total. The maximum Gasteiger partial charge on any atom is 0.416 e. The van der Waals surface area contributed by atoms with Crippen molar-refractivity contribution in [1.29, 1.82) is 0 Å². The number of alkyl halides is 3. The highest BCUT2D eigenvalue weighted by Crippen LogP contribution is 2.35. The lowest BCUT2D eigenvalue weighted by Crippen LogP contribution is -2.37. The Morgan fingerprint density at radius 2 is 1.96 bits per heavy atom. The minimum Gasteiger partial charge on any atom is -0.467 e. The van der Waals surface area contributed by atoms with E-state index in [0.29, 0.717) is 37.8 Å². The summed E-state index contributed by atoms with van der Waals surface area (Å²) in [5, 5.41) is 5.06. The molecule has 0 unspecified atom stereocenters. The normalized spacial score (nSPS) is 15.0. The molecule has 0 spiro atoms. The molecule has 0 bridgehead atoms. The van der Waals surface area contributed by atoms with Crippen LogP contribution in [0.3, 0.4) is 0 Å². The van der Waals surface area contributed by atoms with Crippen LogP contribution < -0.4 is 15.5 Å². The first-order chi connectivity index (χ1) is 12.4. The molecule has 1 fully saturated rings. The number of nitrogens with one attached hydrogen (secondary N) is 2. The predicted octanol–water partition coefficient (Wildman–Crippen LogP) is 3.46. The lowest BCUT2D eigenvalue weighted by atomic mass is 10.1. The average Bonchev–Trinajstić information content (AvgIpc) is 3.13. The molecule has 0 aliphatic carbocycles. The topological polar surface area (TPSA) is 66.7 Å². The van der Waals surface area contributed by atoms with E-state index in [4.69, 9.17) is 9.15 Å². The Labute approximate surface area is 147 Å². The van der Waals surface area contributed by atoms with Gasteiger partial charge in [-0.3, -0.25) is 0 Å². The van der Waals surface area contributed by atoms with E-state index >= 15 is 0 Å². The van der Waals surface area contributed by atoms with Gasteiger partial charge in [-0.1, -0.05) is 0 Å². The number of furan rings is 1. The monoisotopic (exact) mass is 369 g/mol. The first-order valence-corrected chi connectivity index (χ1v) is 8.04. The number of benzene rings is 1. The van der Waals surface area contributed by atoms with Crippen molar-refractivity contribution in [1.82, 2.24) is 5.32 Å². The number of hydrogen-bond acceptors (Lipinski definition) is 4. The fourth-order valence-electron chi connectivity index (χ4n) is 2.64. The summed E-state index contributed by atoms with van der Waals surface area (Å²) < 4.78 is 49.5. The van der Waals surface area contributed by atoms with Crippen LogP contribution in [0.2, 0.25) is 0 Å². The second kappa shape index (κ2) is 7.69. The van der Waals surface area contributed by atoms with Crippen molar-refractivity contribution in [3.05, 3.63) is 47.9 Å². The van der Waals surface area contributed by atoms with Gasteiger partial charge in [0.05, 0.1) is 43.0 Å². The molecule has 9 heteroatoms. The third-order valence-corrected chi connectivity index (χ3v) is 3.93. The standard InChI is InChI=1S/C17H18F3N3O3/c18-17(19,20)12-3-4-15(23-5-8-25-9-6-23)14(10-12)22-16(24)21-11-13-2-1-7-26-13/h1-4,7,10H,5-6,8-9,11H2,(H2,21,22,24). The lowest BCUT2D eigenvalue weighted by molar-refractivity contribution is -0.137. The molecule has 140 valence electrons. The molecule has 2 amide bonds. The quantitative estimate of drug-likeness (QED) is 0.866. The van der Waals surface area contributed by atoms with Gasteiger partial charge in [0.2, 0.25) is 0 Å². The Hall–Kier alpha value is -2.68. The second-order valence-corrected chi connectivity index (χ2v) is 5.72. The number of anilines is 2. The summed E-state index contributed by atoms with van der Waals surface area (Å²) in [6.07, 6.45) is -3.02. The largest absolute Gasteiger partial charge is 0.467 e. The smallest absolute Gasteiger partial charge is 0.416 e. The number of amides is 2. The van der Waals surface area contributed by atoms with Crippen LogP contribution in [0.15, 0.2) is 41.0 Å². The third-order valence-electron chi connectivity index (χ3n) is 3.93. The van der Waals surface area contributed by atoms with Gasteiger partial charge in [0.1, 0.15) is 5.76 Å². The van der Waals surface area contributed by atoms with Crippen molar-refractivity contribution >= 4 is 17.4 Å². The van der Waals surface area contributed by atoms with Crippen LogP contribution in [0, 0.1) is 0 Å². The first kappa shape index (κ1) is 18.1. The van der Waals surface area contributed by atoms with Crippen LogP contribution in [0.5, 0.6) is 0 Å². The Kier molecular flexibility index (Phi) is 5.36. The van der Waals surface area contributed by atoms with Crippen molar-refractivity contribution in [3.63, 3.8) is 0 Å². The fraction of sp³-hybridized carbons (Fsp3) is 0.353. The van der Waals surface area contributed by atoms with E-state index in [0.717, 1.165) is 12.1 Å². The van der Waals surface area contributed by atoms with Crippen molar-refractivity contribution in [2.45, 2.75) is 12.7 Å². The zero-order chi connectivity index (χ0) is 18.6. The number of carbonyl (C=O) groups excluding carboxylic acids is 1. The maximum atomic E-state index is 13.0. The van der Waals surface area contributed by atoms with Gasteiger partial charge in [-0.15, -0.1) is 0 Å². The van der Waals surface area contributed by atoms with E-state index in [1.165, 1.54) is 12.3 Å². The number of ether oxygens (including phenoxy) is 1. The van der Waals surface area contributed by atoms with Crippen LogP contribution >= 0.6 is 0 Å². The van der Waals surface area contributed by atoms with Gasteiger partial charge in [0, 0.05) is 13.1 Å². The molecule has 1 aliphatic heterocycles. The molecule has 1 aliphatic rings. The molecule has 26 heavy (non-hydrogen) atoms. The van der Waals surface area contributed by atoms with Crippen LogP contribution in [0.4, 0.5) is 29.3 Å². The van der Waals surface area contributed by atoms with Crippen molar-refractivity contribution in [3.8, 4) is 0 Å². The average molecular weight is 369 g/mol. The van der Waals surface area contributed by atoms with Crippen LogP contribution in [0.25, 0.3) is 0 Å². The molecule has 2 heterocycles.